The van der Waals surface area contributed by atoms with Crippen LogP contribution in [-0.2, 0) is 16.1 Å². The van der Waals surface area contributed by atoms with Crippen LogP contribution in [0.4, 0.5) is 5.69 Å². The number of amides is 1. The van der Waals surface area contributed by atoms with Crippen LogP contribution in [0, 0.1) is 6.92 Å². The minimum Gasteiger partial charge on any atom is -0.454 e. The van der Waals surface area contributed by atoms with Gasteiger partial charge in [-0.3, -0.25) is 4.79 Å². The third-order valence-electron chi connectivity index (χ3n) is 4.93. The first-order chi connectivity index (χ1) is 15.5. The molecule has 0 atom stereocenters. The molecule has 1 aliphatic rings. The van der Waals surface area contributed by atoms with Crippen molar-refractivity contribution >= 4 is 22.6 Å². The summed E-state index contributed by atoms with van der Waals surface area (Å²) in [5.41, 5.74) is 2.64. The summed E-state index contributed by atoms with van der Waals surface area (Å²) in [5, 5.41) is 7.50. The van der Waals surface area contributed by atoms with Crippen molar-refractivity contribution in [3.05, 3.63) is 70.2 Å². The number of benzene rings is 2. The van der Waals surface area contributed by atoms with Crippen LogP contribution < -0.4 is 20.4 Å². The molecular formula is C23H18N2O7. The van der Waals surface area contributed by atoms with Crippen molar-refractivity contribution in [1.29, 1.82) is 0 Å². The van der Waals surface area contributed by atoms with Crippen LogP contribution in [-0.4, -0.2) is 24.5 Å². The number of aromatic nitrogens is 1. The molecule has 2 aromatic carbocycles. The zero-order valence-electron chi connectivity index (χ0n) is 17.0. The largest absolute Gasteiger partial charge is 0.454 e. The molecular weight excluding hydrogens is 416 g/mol. The van der Waals surface area contributed by atoms with E-state index in [1.165, 1.54) is 6.07 Å². The fraction of sp³-hybridized carbons (Fsp3) is 0.174. The molecule has 0 bridgehead atoms. The van der Waals surface area contributed by atoms with E-state index in [0.717, 1.165) is 16.5 Å². The Hall–Kier alpha value is -4.11. The second-order valence-corrected chi connectivity index (χ2v) is 7.25. The maximum atomic E-state index is 12.2. The van der Waals surface area contributed by atoms with Gasteiger partial charge >= 0.3 is 5.63 Å². The topological polar surface area (TPSA) is 113 Å². The highest BCUT2D eigenvalue weighted by Crippen LogP contribution is 2.36. The molecule has 0 radical (unpaired) electrons. The van der Waals surface area contributed by atoms with Crippen molar-refractivity contribution in [2.75, 3.05) is 18.7 Å². The maximum Gasteiger partial charge on any atom is 0.336 e. The summed E-state index contributed by atoms with van der Waals surface area (Å²) >= 11 is 0. The lowest BCUT2D eigenvalue weighted by molar-refractivity contribution is -0.121. The van der Waals surface area contributed by atoms with Crippen LogP contribution in [0.3, 0.4) is 0 Å². The Balaban J connectivity index is 1.17. The van der Waals surface area contributed by atoms with Crippen LogP contribution in [0.1, 0.15) is 11.3 Å². The molecule has 0 spiro atoms. The van der Waals surface area contributed by atoms with E-state index in [2.05, 4.69) is 10.5 Å². The zero-order valence-corrected chi connectivity index (χ0v) is 17.0. The van der Waals surface area contributed by atoms with Gasteiger partial charge in [-0.15, -0.1) is 0 Å². The van der Waals surface area contributed by atoms with Crippen molar-refractivity contribution < 1.29 is 27.9 Å². The highest BCUT2D eigenvalue weighted by atomic mass is 16.7. The van der Waals surface area contributed by atoms with E-state index in [9.17, 15) is 9.59 Å². The first-order valence-corrected chi connectivity index (χ1v) is 9.83. The van der Waals surface area contributed by atoms with Crippen LogP contribution in [0.25, 0.3) is 22.3 Å². The molecule has 4 aromatic rings. The van der Waals surface area contributed by atoms with E-state index < -0.39 is 5.63 Å². The van der Waals surface area contributed by atoms with Gasteiger partial charge in [0.05, 0.1) is 6.61 Å². The maximum absolute atomic E-state index is 12.2. The van der Waals surface area contributed by atoms with Crippen molar-refractivity contribution in [3.63, 3.8) is 0 Å². The van der Waals surface area contributed by atoms with Gasteiger partial charge in [-0.2, -0.15) is 0 Å². The van der Waals surface area contributed by atoms with Gasteiger partial charge in [0.25, 0.3) is 0 Å². The lowest BCUT2D eigenvalue weighted by Crippen LogP contribution is -2.18. The van der Waals surface area contributed by atoms with Crippen LogP contribution >= 0.6 is 0 Å². The predicted octanol–water partition coefficient (Wildman–Crippen LogP) is 3.64. The number of rotatable bonds is 6. The summed E-state index contributed by atoms with van der Waals surface area (Å²) in [7, 11) is 0. The second kappa shape index (κ2) is 8.20. The van der Waals surface area contributed by atoms with Crippen molar-refractivity contribution in [2.24, 2.45) is 0 Å². The summed E-state index contributed by atoms with van der Waals surface area (Å²) in [5.74, 6) is 1.54. The molecule has 9 heteroatoms. The highest BCUT2D eigenvalue weighted by molar-refractivity contribution is 5.94. The Morgan fingerprint density at radius 2 is 1.97 bits per heavy atom. The van der Waals surface area contributed by atoms with Gasteiger partial charge in [-0.25, -0.2) is 4.79 Å². The van der Waals surface area contributed by atoms with Crippen molar-refractivity contribution in [3.8, 4) is 22.8 Å². The van der Waals surface area contributed by atoms with E-state index in [1.54, 1.807) is 30.3 Å². The number of aryl methyl sites for hydroxylation is 1. The molecule has 0 unspecified atom stereocenters. The Bertz CT molecular complexity index is 1370. The molecule has 9 nitrogen and oxygen atoms in total. The van der Waals surface area contributed by atoms with Crippen LogP contribution in [0.15, 0.2) is 62.3 Å². The summed E-state index contributed by atoms with van der Waals surface area (Å²) in [6, 6.07) is 13.8. The second-order valence-electron chi connectivity index (χ2n) is 7.25. The molecule has 2 aromatic heterocycles. The van der Waals surface area contributed by atoms with E-state index >= 15 is 0 Å². The molecule has 32 heavy (non-hydrogen) atoms. The first kappa shape index (κ1) is 19.8. The Morgan fingerprint density at radius 3 is 2.88 bits per heavy atom. The van der Waals surface area contributed by atoms with Crippen molar-refractivity contribution in [2.45, 2.75) is 13.5 Å². The number of ether oxygens (including phenoxy) is 3. The predicted molar refractivity (Wildman–Crippen MR) is 114 cm³/mol. The number of carbonyl (C=O) groups excluding carboxylic acids is 1. The molecule has 0 saturated carbocycles. The summed E-state index contributed by atoms with van der Waals surface area (Å²) in [4.78, 5) is 23.8. The molecule has 3 heterocycles. The molecule has 0 fully saturated rings. The number of fused-ring (bicyclic) bond motifs is 2. The number of hydrogen-bond acceptors (Lipinski definition) is 8. The summed E-state index contributed by atoms with van der Waals surface area (Å²) < 4.78 is 26.7. The fourth-order valence-corrected chi connectivity index (χ4v) is 3.41. The minimum atomic E-state index is -0.436. The number of hydrogen-bond donors (Lipinski definition) is 1. The molecule has 1 N–H and O–H groups in total. The highest BCUT2D eigenvalue weighted by Gasteiger charge is 2.16. The third kappa shape index (κ3) is 4.06. The number of nitrogens with one attached hydrogen (secondary N) is 1. The Labute approximate surface area is 181 Å². The standard InChI is InChI=1S/C23H18N2O7/c1-13-6-23(27)31-20-8-15(3-4-17(13)20)24-22(26)11-28-10-16-9-19(32-25-16)14-2-5-18-21(7-14)30-12-29-18/h2-9H,10-12H2,1H3,(H,24,26). The van der Waals surface area contributed by atoms with Gasteiger partial charge < -0.3 is 28.5 Å². The van der Waals surface area contributed by atoms with E-state index in [0.29, 0.717) is 34.2 Å². The fourth-order valence-electron chi connectivity index (χ4n) is 3.41. The van der Waals surface area contributed by atoms with Gasteiger partial charge in [-0.05, 0) is 42.8 Å². The Morgan fingerprint density at radius 1 is 1.09 bits per heavy atom. The van der Waals surface area contributed by atoms with Gasteiger partial charge in [0.1, 0.15) is 17.9 Å². The van der Waals surface area contributed by atoms with Crippen LogP contribution in [0.2, 0.25) is 0 Å². The molecule has 5 rings (SSSR count). The van der Waals surface area contributed by atoms with Crippen molar-refractivity contribution in [1.82, 2.24) is 5.16 Å². The number of nitrogens with zero attached hydrogens (tertiary/aromatic N) is 1. The number of anilines is 1. The molecule has 162 valence electrons. The van der Waals surface area contributed by atoms with Gasteiger partial charge in [0.15, 0.2) is 17.3 Å². The minimum absolute atomic E-state index is 0.104. The lowest BCUT2D eigenvalue weighted by atomic mass is 10.1. The SMILES string of the molecule is Cc1cc(=O)oc2cc(NC(=O)COCc3cc(-c4ccc5c(c4)OCO5)on3)ccc12. The van der Waals surface area contributed by atoms with Gasteiger partial charge in [0.2, 0.25) is 12.7 Å². The van der Waals surface area contributed by atoms with E-state index in [4.69, 9.17) is 23.2 Å². The summed E-state index contributed by atoms with van der Waals surface area (Å²) in [6.07, 6.45) is 0. The molecule has 0 saturated heterocycles. The average molecular weight is 434 g/mol. The number of carbonyl (C=O) groups is 1. The van der Waals surface area contributed by atoms with E-state index in [1.807, 2.05) is 19.1 Å². The van der Waals surface area contributed by atoms with E-state index in [-0.39, 0.29) is 25.9 Å². The zero-order chi connectivity index (χ0) is 22.1. The molecule has 1 amide bonds. The Kier molecular flexibility index (Phi) is 5.08. The average Bonchev–Trinajstić information content (AvgIpc) is 3.42. The smallest absolute Gasteiger partial charge is 0.336 e. The third-order valence-corrected chi connectivity index (χ3v) is 4.93. The monoisotopic (exact) mass is 434 g/mol. The quantitative estimate of drug-likeness (QED) is 0.458. The molecule has 0 aliphatic carbocycles. The first-order valence-electron chi connectivity index (χ1n) is 9.83. The summed E-state index contributed by atoms with van der Waals surface area (Å²) in [6.45, 7) is 1.95. The van der Waals surface area contributed by atoms with Crippen LogP contribution in [0.5, 0.6) is 11.5 Å². The van der Waals surface area contributed by atoms with Gasteiger partial charge in [0, 0.05) is 34.8 Å². The van der Waals surface area contributed by atoms with Gasteiger partial charge in [-0.1, -0.05) is 5.16 Å². The normalized spacial score (nSPS) is 12.3. The molecule has 1 aliphatic heterocycles. The lowest BCUT2D eigenvalue weighted by Gasteiger charge is -2.07.